The Kier molecular flexibility index (Phi) is 7.45. The van der Waals surface area contributed by atoms with Crippen molar-refractivity contribution in [3.63, 3.8) is 0 Å². The van der Waals surface area contributed by atoms with Gasteiger partial charge in [-0.15, -0.1) is 0 Å². The van der Waals surface area contributed by atoms with Crippen LogP contribution < -0.4 is 10.1 Å². The SMILES string of the molecule is COc1cc(CN(C)C)cc(CC(NC(=O)OCC2c3ccccc3-c3ccccc32)C(=O)O)c1O. The number of hydrogen-bond donors (Lipinski definition) is 3. The van der Waals surface area contributed by atoms with E-state index >= 15 is 0 Å². The van der Waals surface area contributed by atoms with Crippen LogP contribution in [0, 0.1) is 0 Å². The molecule has 1 amide bonds. The fourth-order valence-corrected chi connectivity index (χ4v) is 4.70. The number of carboxylic acids is 1. The van der Waals surface area contributed by atoms with Gasteiger partial charge in [0.1, 0.15) is 12.6 Å². The summed E-state index contributed by atoms with van der Waals surface area (Å²) in [5.41, 5.74) is 5.54. The molecule has 1 unspecified atom stereocenters. The van der Waals surface area contributed by atoms with Crippen molar-refractivity contribution in [2.45, 2.75) is 24.9 Å². The van der Waals surface area contributed by atoms with E-state index in [2.05, 4.69) is 5.32 Å². The molecular formula is C28H30N2O6. The standard InChI is InChI=1S/C28H30N2O6/c1-30(2)15-17-12-18(26(31)25(13-17)35-3)14-24(27(32)33)29-28(34)36-16-23-21-10-6-4-8-19(21)20-9-5-7-11-22(20)23/h4-13,23-24,31H,14-16H2,1-3H3,(H,29,34)(H,32,33). The highest BCUT2D eigenvalue weighted by Gasteiger charge is 2.30. The molecule has 8 nitrogen and oxygen atoms in total. The van der Waals surface area contributed by atoms with Crippen LogP contribution in [0.3, 0.4) is 0 Å². The fourth-order valence-electron chi connectivity index (χ4n) is 4.70. The predicted molar refractivity (Wildman–Crippen MR) is 135 cm³/mol. The Hall–Kier alpha value is -4.04. The van der Waals surface area contributed by atoms with E-state index in [1.165, 1.54) is 7.11 Å². The molecule has 0 saturated carbocycles. The maximum atomic E-state index is 12.7. The monoisotopic (exact) mass is 490 g/mol. The number of nitrogens with zero attached hydrogens (tertiary/aromatic N) is 1. The second-order valence-electron chi connectivity index (χ2n) is 9.11. The lowest BCUT2D eigenvalue weighted by Gasteiger charge is -2.19. The summed E-state index contributed by atoms with van der Waals surface area (Å²) in [5.74, 6) is -1.28. The number of carbonyl (C=O) groups excluding carboxylic acids is 1. The molecule has 3 aromatic carbocycles. The van der Waals surface area contributed by atoms with Gasteiger partial charge in [-0.3, -0.25) is 0 Å². The summed E-state index contributed by atoms with van der Waals surface area (Å²) >= 11 is 0. The summed E-state index contributed by atoms with van der Waals surface area (Å²) in [6.07, 6.45) is -0.969. The minimum Gasteiger partial charge on any atom is -0.504 e. The van der Waals surface area contributed by atoms with Crippen molar-refractivity contribution in [2.24, 2.45) is 0 Å². The molecule has 0 saturated heterocycles. The van der Waals surface area contributed by atoms with Crippen LogP contribution in [0.5, 0.6) is 11.5 Å². The molecule has 4 rings (SSSR count). The number of hydrogen-bond acceptors (Lipinski definition) is 6. The second kappa shape index (κ2) is 10.7. The van der Waals surface area contributed by atoms with Crippen LogP contribution in [-0.2, 0) is 22.5 Å². The van der Waals surface area contributed by atoms with Gasteiger partial charge in [-0.05, 0) is 48.0 Å². The lowest BCUT2D eigenvalue weighted by atomic mass is 9.98. The molecule has 188 valence electrons. The number of benzene rings is 3. The summed E-state index contributed by atoms with van der Waals surface area (Å²) in [4.78, 5) is 26.6. The molecule has 3 aromatic rings. The zero-order chi connectivity index (χ0) is 25.8. The number of amides is 1. The van der Waals surface area contributed by atoms with Gasteiger partial charge in [0, 0.05) is 24.4 Å². The van der Waals surface area contributed by atoms with Crippen molar-refractivity contribution in [2.75, 3.05) is 27.8 Å². The summed E-state index contributed by atoms with van der Waals surface area (Å²) < 4.78 is 10.8. The van der Waals surface area contributed by atoms with E-state index in [0.717, 1.165) is 27.8 Å². The van der Waals surface area contributed by atoms with Crippen LogP contribution >= 0.6 is 0 Å². The van der Waals surface area contributed by atoms with E-state index in [9.17, 15) is 19.8 Å². The first kappa shape index (κ1) is 25.1. The molecule has 0 aliphatic heterocycles. The van der Waals surface area contributed by atoms with E-state index in [0.29, 0.717) is 12.1 Å². The molecule has 1 aliphatic rings. The van der Waals surface area contributed by atoms with Gasteiger partial charge >= 0.3 is 12.1 Å². The molecule has 0 bridgehead atoms. The van der Waals surface area contributed by atoms with Gasteiger partial charge in [0.25, 0.3) is 0 Å². The van der Waals surface area contributed by atoms with Crippen molar-refractivity contribution < 1.29 is 29.3 Å². The average Bonchev–Trinajstić information content (AvgIpc) is 3.17. The lowest BCUT2D eigenvalue weighted by molar-refractivity contribution is -0.139. The molecular weight excluding hydrogens is 460 g/mol. The number of aromatic hydroxyl groups is 1. The van der Waals surface area contributed by atoms with Crippen LogP contribution in [0.2, 0.25) is 0 Å². The van der Waals surface area contributed by atoms with Crippen LogP contribution in [0.15, 0.2) is 60.7 Å². The number of phenols is 1. The number of methoxy groups -OCH3 is 1. The lowest BCUT2D eigenvalue weighted by Crippen LogP contribution is -2.43. The highest BCUT2D eigenvalue weighted by Crippen LogP contribution is 2.44. The van der Waals surface area contributed by atoms with E-state index in [-0.39, 0.29) is 30.4 Å². The van der Waals surface area contributed by atoms with Crippen molar-refractivity contribution in [1.29, 1.82) is 0 Å². The maximum absolute atomic E-state index is 12.7. The molecule has 0 heterocycles. The highest BCUT2D eigenvalue weighted by molar-refractivity contribution is 5.81. The number of rotatable bonds is 9. The average molecular weight is 491 g/mol. The summed E-state index contributed by atoms with van der Waals surface area (Å²) in [7, 11) is 5.23. The van der Waals surface area contributed by atoms with Crippen molar-refractivity contribution in [3.8, 4) is 22.6 Å². The zero-order valence-corrected chi connectivity index (χ0v) is 20.5. The molecule has 1 atom stereocenters. The molecule has 0 aromatic heterocycles. The third-order valence-electron chi connectivity index (χ3n) is 6.29. The normalized spacial score (nSPS) is 13.1. The Bertz CT molecular complexity index is 1230. The Balaban J connectivity index is 1.47. The molecule has 1 aliphatic carbocycles. The van der Waals surface area contributed by atoms with Crippen LogP contribution in [0.4, 0.5) is 4.79 Å². The quantitative estimate of drug-likeness (QED) is 0.416. The van der Waals surface area contributed by atoms with Gasteiger partial charge in [-0.2, -0.15) is 0 Å². The third kappa shape index (κ3) is 5.28. The number of alkyl carbamates (subject to hydrolysis) is 1. The summed E-state index contributed by atoms with van der Waals surface area (Å²) in [6, 6.07) is 18.1. The Morgan fingerprint density at radius 2 is 1.64 bits per heavy atom. The number of phenolic OH excluding ortho intramolecular Hbond substituents is 1. The largest absolute Gasteiger partial charge is 0.504 e. The first-order valence-corrected chi connectivity index (χ1v) is 11.7. The van der Waals surface area contributed by atoms with Crippen molar-refractivity contribution in [3.05, 3.63) is 82.9 Å². The number of ether oxygens (including phenoxy) is 2. The first-order valence-electron chi connectivity index (χ1n) is 11.7. The smallest absolute Gasteiger partial charge is 0.407 e. The topological polar surface area (TPSA) is 108 Å². The van der Waals surface area contributed by atoms with E-state index in [4.69, 9.17) is 9.47 Å². The highest BCUT2D eigenvalue weighted by atomic mass is 16.5. The number of fused-ring (bicyclic) bond motifs is 3. The summed E-state index contributed by atoms with van der Waals surface area (Å²) in [6.45, 7) is 0.644. The van der Waals surface area contributed by atoms with Crippen LogP contribution in [-0.4, -0.2) is 61.0 Å². The Morgan fingerprint density at radius 1 is 1.03 bits per heavy atom. The van der Waals surface area contributed by atoms with Crippen molar-refractivity contribution in [1.82, 2.24) is 10.2 Å². The number of carbonyl (C=O) groups is 2. The first-order chi connectivity index (χ1) is 17.3. The molecule has 36 heavy (non-hydrogen) atoms. The molecule has 0 radical (unpaired) electrons. The van der Waals surface area contributed by atoms with Gasteiger partial charge in [-0.1, -0.05) is 54.6 Å². The Labute approximate surface area is 210 Å². The van der Waals surface area contributed by atoms with Gasteiger partial charge in [-0.25, -0.2) is 9.59 Å². The molecule has 0 fully saturated rings. The van der Waals surface area contributed by atoms with Gasteiger partial charge < -0.3 is 29.9 Å². The van der Waals surface area contributed by atoms with Crippen LogP contribution in [0.25, 0.3) is 11.1 Å². The van der Waals surface area contributed by atoms with Crippen molar-refractivity contribution >= 4 is 12.1 Å². The molecule has 0 spiro atoms. The van der Waals surface area contributed by atoms with Gasteiger partial charge in [0.05, 0.1) is 7.11 Å². The van der Waals surface area contributed by atoms with Crippen LogP contribution in [0.1, 0.15) is 28.2 Å². The molecule has 8 heteroatoms. The number of aliphatic carboxylic acids is 1. The number of nitrogens with one attached hydrogen (secondary N) is 1. The minimum absolute atomic E-state index is 0.0730. The second-order valence-corrected chi connectivity index (χ2v) is 9.11. The van der Waals surface area contributed by atoms with E-state index in [1.54, 1.807) is 12.1 Å². The summed E-state index contributed by atoms with van der Waals surface area (Å²) in [5, 5.41) is 22.8. The third-order valence-corrected chi connectivity index (χ3v) is 6.29. The van der Waals surface area contributed by atoms with E-state index < -0.39 is 18.1 Å². The Morgan fingerprint density at radius 3 is 2.19 bits per heavy atom. The zero-order valence-electron chi connectivity index (χ0n) is 20.5. The molecule has 3 N–H and O–H groups in total. The van der Waals surface area contributed by atoms with E-state index in [1.807, 2.05) is 67.5 Å². The predicted octanol–water partition coefficient (Wildman–Crippen LogP) is 4.00. The number of carboxylic acid groups (broad SMARTS) is 1. The minimum atomic E-state index is -1.30. The van der Waals surface area contributed by atoms with Gasteiger partial charge in [0.15, 0.2) is 11.5 Å². The fraction of sp³-hybridized carbons (Fsp3) is 0.286. The van der Waals surface area contributed by atoms with Gasteiger partial charge in [0.2, 0.25) is 0 Å². The maximum Gasteiger partial charge on any atom is 0.407 e.